The molecule has 5 heteroatoms. The molecule has 0 radical (unpaired) electrons. The minimum Gasteiger partial charge on any atom is -0.301 e. The van der Waals surface area contributed by atoms with Crippen molar-refractivity contribution in [3.05, 3.63) is 33.0 Å². The predicted octanol–water partition coefficient (Wildman–Crippen LogP) is 7.00. The molecule has 25 heavy (non-hydrogen) atoms. The molecule has 134 valence electrons. The van der Waals surface area contributed by atoms with Crippen molar-refractivity contribution in [2.24, 2.45) is 5.92 Å². The second-order valence-electron chi connectivity index (χ2n) is 7.18. The summed E-state index contributed by atoms with van der Waals surface area (Å²) in [5.74, 6) is 0.353. The second-order valence-corrected chi connectivity index (χ2v) is 10.00. The van der Waals surface area contributed by atoms with Crippen LogP contribution in [0.25, 0.3) is 11.1 Å². The molecule has 0 spiro atoms. The van der Waals surface area contributed by atoms with Crippen LogP contribution in [0.5, 0.6) is 0 Å². The molecule has 2 heterocycles. The van der Waals surface area contributed by atoms with Crippen LogP contribution in [0, 0.1) is 9.74 Å². The molecule has 1 aromatic heterocycles. The lowest BCUT2D eigenvalue weighted by atomic mass is 9.85. The lowest BCUT2D eigenvalue weighted by Crippen LogP contribution is -2.50. The fourth-order valence-corrected chi connectivity index (χ4v) is 7.12. The second kappa shape index (κ2) is 7.29. The third-order valence-electron chi connectivity index (χ3n) is 5.00. The fourth-order valence-electron chi connectivity index (χ4n) is 3.84. The number of nitrogens with zero attached hydrogens (tertiary/aromatic N) is 1. The maximum atomic E-state index is 13.6. The Kier molecular flexibility index (Phi) is 5.47. The van der Waals surface area contributed by atoms with E-state index in [0.717, 1.165) is 46.3 Å². The average Bonchev–Trinajstić information content (AvgIpc) is 2.97. The fraction of sp³-hybridized carbons (Fsp3) is 0.500. The Morgan fingerprint density at radius 3 is 2.44 bits per heavy atom. The van der Waals surface area contributed by atoms with Crippen molar-refractivity contribution in [2.45, 2.75) is 58.9 Å². The first kappa shape index (κ1) is 18.7. The molecule has 0 fully saturated rings. The maximum Gasteiger partial charge on any atom is 0.230 e. The van der Waals surface area contributed by atoms with Gasteiger partial charge in [-0.1, -0.05) is 77.8 Å². The zero-order chi connectivity index (χ0) is 18.2. The Morgan fingerprint density at radius 1 is 1.16 bits per heavy atom. The number of carbonyl (C=O) groups excluding carboxylic acids is 1. The smallest absolute Gasteiger partial charge is 0.230 e. The SMILES string of the molecule is CCCC(CCC)C(=O)N1c2ccccc2-c2c(ssc2=S)C1(C)C. The highest BCUT2D eigenvalue weighted by molar-refractivity contribution is 7.80. The van der Waals surface area contributed by atoms with Crippen LogP contribution in [0.3, 0.4) is 0 Å². The van der Waals surface area contributed by atoms with Gasteiger partial charge in [0.1, 0.15) is 3.82 Å². The van der Waals surface area contributed by atoms with E-state index < -0.39 is 0 Å². The van der Waals surface area contributed by atoms with Gasteiger partial charge >= 0.3 is 0 Å². The van der Waals surface area contributed by atoms with E-state index in [9.17, 15) is 4.79 Å². The third-order valence-corrected chi connectivity index (χ3v) is 8.33. The monoisotopic (exact) mass is 391 g/mol. The lowest BCUT2D eigenvalue weighted by Gasteiger charge is -2.44. The summed E-state index contributed by atoms with van der Waals surface area (Å²) >= 11 is 5.62. The summed E-state index contributed by atoms with van der Waals surface area (Å²) in [5.41, 5.74) is 2.93. The highest BCUT2D eigenvalue weighted by Crippen LogP contribution is 2.52. The van der Waals surface area contributed by atoms with Gasteiger partial charge in [0.2, 0.25) is 5.91 Å². The number of rotatable bonds is 5. The highest BCUT2D eigenvalue weighted by Gasteiger charge is 2.44. The van der Waals surface area contributed by atoms with E-state index in [1.165, 1.54) is 4.88 Å². The van der Waals surface area contributed by atoms with E-state index in [0.29, 0.717) is 0 Å². The average molecular weight is 392 g/mol. The minimum atomic E-state index is -0.362. The first-order chi connectivity index (χ1) is 11.9. The molecule has 1 aliphatic rings. The van der Waals surface area contributed by atoms with Gasteiger partial charge in [-0.2, -0.15) is 0 Å². The summed E-state index contributed by atoms with van der Waals surface area (Å²) in [5, 5.41) is 0. The Bertz CT molecular complexity index is 827. The summed E-state index contributed by atoms with van der Waals surface area (Å²) in [7, 11) is 3.37. The number of anilines is 1. The number of fused-ring (bicyclic) bond motifs is 3. The Balaban J connectivity index is 2.17. The van der Waals surface area contributed by atoms with Crippen molar-refractivity contribution in [3.8, 4) is 11.1 Å². The van der Waals surface area contributed by atoms with Gasteiger partial charge in [-0.3, -0.25) is 4.79 Å². The van der Waals surface area contributed by atoms with Crippen LogP contribution in [0.15, 0.2) is 24.3 Å². The number of benzene rings is 1. The van der Waals surface area contributed by atoms with Crippen molar-refractivity contribution >= 4 is 44.5 Å². The molecule has 2 aromatic rings. The number of hydrogen-bond acceptors (Lipinski definition) is 4. The van der Waals surface area contributed by atoms with Gasteiger partial charge in [0.05, 0.1) is 16.1 Å². The molecule has 0 saturated carbocycles. The van der Waals surface area contributed by atoms with Gasteiger partial charge in [-0.15, -0.1) is 0 Å². The Hall–Kier alpha value is -1.04. The van der Waals surface area contributed by atoms with Gasteiger partial charge in [0, 0.05) is 17.0 Å². The molecular weight excluding hydrogens is 366 g/mol. The molecule has 0 atom stereocenters. The maximum absolute atomic E-state index is 13.6. The third kappa shape index (κ3) is 3.11. The van der Waals surface area contributed by atoms with Crippen molar-refractivity contribution in [2.75, 3.05) is 4.90 Å². The lowest BCUT2D eigenvalue weighted by molar-refractivity contribution is -0.124. The van der Waals surface area contributed by atoms with E-state index in [4.69, 9.17) is 12.2 Å². The number of para-hydroxylation sites is 1. The summed E-state index contributed by atoms with van der Waals surface area (Å²) in [6, 6.07) is 8.24. The zero-order valence-electron chi connectivity index (χ0n) is 15.3. The quantitative estimate of drug-likeness (QED) is 0.404. The normalized spacial score (nSPS) is 15.2. The van der Waals surface area contributed by atoms with E-state index in [-0.39, 0.29) is 17.4 Å². The summed E-state index contributed by atoms with van der Waals surface area (Å²) in [6.07, 6.45) is 3.98. The van der Waals surface area contributed by atoms with Gasteiger partial charge in [0.15, 0.2) is 0 Å². The predicted molar refractivity (Wildman–Crippen MR) is 112 cm³/mol. The standard InChI is InChI=1S/C20H25NOS3/c1-5-9-13(10-6-2)18(22)21-15-12-8-7-11-14(15)16-17(20(21,3)4)24-25-19(16)23/h7-8,11-13H,5-6,9-10H2,1-4H3. The van der Waals surface area contributed by atoms with Gasteiger partial charge < -0.3 is 4.90 Å². The topological polar surface area (TPSA) is 20.3 Å². The Morgan fingerprint density at radius 2 is 1.80 bits per heavy atom. The van der Waals surface area contributed by atoms with Crippen molar-refractivity contribution in [1.29, 1.82) is 0 Å². The summed E-state index contributed by atoms with van der Waals surface area (Å²) in [6.45, 7) is 8.64. The first-order valence-corrected chi connectivity index (χ1v) is 11.6. The van der Waals surface area contributed by atoms with Gasteiger partial charge in [-0.25, -0.2) is 0 Å². The van der Waals surface area contributed by atoms with Gasteiger partial charge in [-0.05, 0) is 32.8 Å². The van der Waals surface area contributed by atoms with Crippen LogP contribution < -0.4 is 4.90 Å². The first-order valence-electron chi connectivity index (χ1n) is 9.00. The molecule has 0 aliphatic carbocycles. The molecular formula is C20H25NOS3. The van der Waals surface area contributed by atoms with Crippen molar-refractivity contribution in [3.63, 3.8) is 0 Å². The molecule has 0 saturated heterocycles. The molecule has 1 aliphatic heterocycles. The molecule has 0 bridgehead atoms. The number of amides is 1. The van der Waals surface area contributed by atoms with Crippen LogP contribution in [0.4, 0.5) is 5.69 Å². The zero-order valence-corrected chi connectivity index (χ0v) is 17.7. The van der Waals surface area contributed by atoms with E-state index in [1.54, 1.807) is 20.7 Å². The van der Waals surface area contributed by atoms with E-state index in [2.05, 4.69) is 44.7 Å². The molecule has 2 nitrogen and oxygen atoms in total. The number of hydrogen-bond donors (Lipinski definition) is 0. The summed E-state index contributed by atoms with van der Waals surface area (Å²) in [4.78, 5) is 16.9. The van der Waals surface area contributed by atoms with Crippen LogP contribution >= 0.6 is 32.9 Å². The largest absolute Gasteiger partial charge is 0.301 e. The van der Waals surface area contributed by atoms with Crippen molar-refractivity contribution < 1.29 is 4.79 Å². The van der Waals surface area contributed by atoms with Gasteiger partial charge in [0.25, 0.3) is 0 Å². The molecule has 0 unspecified atom stereocenters. The molecule has 1 aromatic carbocycles. The molecule has 0 N–H and O–H groups in total. The van der Waals surface area contributed by atoms with E-state index in [1.807, 2.05) is 12.1 Å². The molecule has 1 amide bonds. The van der Waals surface area contributed by atoms with Crippen molar-refractivity contribution in [1.82, 2.24) is 0 Å². The summed E-state index contributed by atoms with van der Waals surface area (Å²) < 4.78 is 0.936. The highest BCUT2D eigenvalue weighted by atomic mass is 32.9. The Labute approximate surface area is 162 Å². The molecule has 3 rings (SSSR count). The number of carbonyl (C=O) groups is 1. The van der Waals surface area contributed by atoms with Crippen LogP contribution in [-0.4, -0.2) is 5.91 Å². The minimum absolute atomic E-state index is 0.0930. The van der Waals surface area contributed by atoms with Crippen LogP contribution in [0.2, 0.25) is 0 Å². The van der Waals surface area contributed by atoms with Crippen LogP contribution in [0.1, 0.15) is 58.3 Å². The van der Waals surface area contributed by atoms with Crippen LogP contribution in [-0.2, 0) is 10.3 Å². The van der Waals surface area contributed by atoms with E-state index >= 15 is 0 Å².